The van der Waals surface area contributed by atoms with Crippen molar-refractivity contribution in [1.82, 2.24) is 19.7 Å². The molecule has 0 aliphatic heterocycles. The molecule has 168 valence electrons. The number of aromatic nitrogens is 4. The van der Waals surface area contributed by atoms with Gasteiger partial charge in [0.2, 0.25) is 0 Å². The zero-order valence-corrected chi connectivity index (χ0v) is 16.9. The molecule has 4 rings (SSSR count). The Morgan fingerprint density at radius 1 is 1.16 bits per heavy atom. The van der Waals surface area contributed by atoms with E-state index in [2.05, 4.69) is 20.4 Å². The Labute approximate surface area is 181 Å². The van der Waals surface area contributed by atoms with E-state index in [0.717, 1.165) is 31.2 Å². The predicted octanol–water partition coefficient (Wildman–Crippen LogP) is 4.50. The number of nitrogens with two attached hydrogens (primary N) is 1. The van der Waals surface area contributed by atoms with E-state index in [0.29, 0.717) is 29.8 Å². The maximum atomic E-state index is 12.9. The van der Waals surface area contributed by atoms with Gasteiger partial charge in [-0.1, -0.05) is 0 Å². The van der Waals surface area contributed by atoms with Crippen molar-refractivity contribution in [2.24, 2.45) is 5.92 Å². The Bertz CT molecular complexity index is 1120. The van der Waals surface area contributed by atoms with E-state index in [9.17, 15) is 18.0 Å². The monoisotopic (exact) mass is 446 g/mol. The number of hydrogen-bond donors (Lipinski definition) is 3. The normalized spacial score (nSPS) is 19.0. The van der Waals surface area contributed by atoms with Gasteiger partial charge in [-0.2, -0.15) is 18.3 Å². The summed E-state index contributed by atoms with van der Waals surface area (Å²) in [4.78, 5) is 19.5. The van der Waals surface area contributed by atoms with Crippen LogP contribution < -0.4 is 11.1 Å². The highest BCUT2D eigenvalue weighted by Crippen LogP contribution is 2.34. The van der Waals surface area contributed by atoms with E-state index in [1.165, 1.54) is 6.07 Å². The minimum atomic E-state index is -4.48. The Kier molecular flexibility index (Phi) is 5.72. The second-order valence-electron chi connectivity index (χ2n) is 7.78. The molecule has 0 aromatic carbocycles. The van der Waals surface area contributed by atoms with E-state index in [4.69, 9.17) is 10.8 Å². The fourth-order valence-corrected chi connectivity index (χ4v) is 3.83. The lowest BCUT2D eigenvalue weighted by atomic mass is 9.86. The van der Waals surface area contributed by atoms with Crippen LogP contribution in [-0.2, 0) is 11.0 Å². The average molecular weight is 446 g/mol. The summed E-state index contributed by atoms with van der Waals surface area (Å²) >= 11 is 0. The Morgan fingerprint density at radius 3 is 2.59 bits per heavy atom. The lowest BCUT2D eigenvalue weighted by Gasteiger charge is -2.26. The molecule has 4 N–H and O–H groups in total. The van der Waals surface area contributed by atoms with Crippen molar-refractivity contribution in [1.29, 1.82) is 0 Å². The number of rotatable bonds is 5. The maximum absolute atomic E-state index is 12.9. The molecule has 0 saturated heterocycles. The van der Waals surface area contributed by atoms with Gasteiger partial charge < -0.3 is 16.2 Å². The van der Waals surface area contributed by atoms with Crippen molar-refractivity contribution in [2.45, 2.75) is 37.9 Å². The maximum Gasteiger partial charge on any atom is 0.416 e. The minimum absolute atomic E-state index is 0.00485. The summed E-state index contributed by atoms with van der Waals surface area (Å²) in [6, 6.07) is 5.04. The first-order chi connectivity index (χ1) is 15.2. The fourth-order valence-electron chi connectivity index (χ4n) is 3.83. The zero-order valence-electron chi connectivity index (χ0n) is 16.9. The van der Waals surface area contributed by atoms with Crippen LogP contribution in [0, 0.1) is 5.92 Å². The quantitative estimate of drug-likeness (QED) is 0.528. The van der Waals surface area contributed by atoms with Gasteiger partial charge in [0.15, 0.2) is 0 Å². The molecule has 1 fully saturated rings. The number of anilines is 3. The number of nitrogens with one attached hydrogen (secondary N) is 1. The molecule has 32 heavy (non-hydrogen) atoms. The number of carboxylic acids is 1. The number of nitrogen functional groups attached to an aromatic ring is 1. The molecule has 0 radical (unpaired) electrons. The molecule has 1 saturated carbocycles. The van der Waals surface area contributed by atoms with E-state index >= 15 is 0 Å². The first kappa shape index (κ1) is 21.6. The second kappa shape index (κ2) is 8.48. The van der Waals surface area contributed by atoms with Gasteiger partial charge in [0, 0.05) is 29.7 Å². The van der Waals surface area contributed by atoms with Crippen LogP contribution in [0.1, 0.15) is 37.3 Å². The first-order valence-electron chi connectivity index (χ1n) is 10.0. The third kappa shape index (κ3) is 4.82. The number of carbonyl (C=O) groups is 1. The highest BCUT2D eigenvalue weighted by Gasteiger charge is 2.31. The standard InChI is InChI=1S/C21H21F3N6O2/c22-21(23,24)14-5-6-26-18(7-14)29-19-9-15(25)8-17(28-19)13-10-27-30(11-13)16-3-1-12(2-4-16)20(31)32/h5-12,16H,1-4H2,(H,31,32)(H3,25,26,28,29). The lowest BCUT2D eigenvalue weighted by molar-refractivity contribution is -0.143. The Morgan fingerprint density at radius 2 is 1.91 bits per heavy atom. The smallest absolute Gasteiger partial charge is 0.416 e. The fraction of sp³-hybridized carbons (Fsp3) is 0.333. The van der Waals surface area contributed by atoms with Gasteiger partial charge in [0.05, 0.1) is 29.4 Å². The molecule has 1 aliphatic carbocycles. The number of pyridine rings is 2. The van der Waals surface area contributed by atoms with E-state index in [1.807, 2.05) is 6.20 Å². The van der Waals surface area contributed by atoms with Gasteiger partial charge in [-0.05, 0) is 43.9 Å². The third-order valence-corrected chi connectivity index (χ3v) is 5.51. The molecule has 0 amide bonds. The van der Waals surface area contributed by atoms with Gasteiger partial charge in [0.25, 0.3) is 0 Å². The van der Waals surface area contributed by atoms with Gasteiger partial charge in [0.1, 0.15) is 11.6 Å². The molecule has 0 unspecified atom stereocenters. The topological polar surface area (TPSA) is 119 Å². The number of carboxylic acid groups (broad SMARTS) is 1. The zero-order chi connectivity index (χ0) is 22.9. The van der Waals surface area contributed by atoms with Gasteiger partial charge >= 0.3 is 12.1 Å². The van der Waals surface area contributed by atoms with E-state index < -0.39 is 17.7 Å². The summed E-state index contributed by atoms with van der Waals surface area (Å²) in [6.45, 7) is 0. The van der Waals surface area contributed by atoms with Crippen molar-refractivity contribution in [2.75, 3.05) is 11.1 Å². The summed E-state index contributed by atoms with van der Waals surface area (Å²) in [6.07, 6.45) is 2.69. The molecule has 11 heteroatoms. The second-order valence-corrected chi connectivity index (χ2v) is 7.78. The van der Waals surface area contributed by atoms with Crippen molar-refractivity contribution in [3.63, 3.8) is 0 Å². The van der Waals surface area contributed by atoms with Crippen LogP contribution in [0.2, 0.25) is 0 Å². The molecule has 0 spiro atoms. The molecule has 1 aliphatic rings. The van der Waals surface area contributed by atoms with E-state index in [-0.39, 0.29) is 23.6 Å². The number of halogens is 3. The lowest BCUT2D eigenvalue weighted by Crippen LogP contribution is -2.23. The highest BCUT2D eigenvalue weighted by molar-refractivity contribution is 5.70. The van der Waals surface area contributed by atoms with Crippen molar-refractivity contribution in [3.05, 3.63) is 48.4 Å². The van der Waals surface area contributed by atoms with Crippen LogP contribution >= 0.6 is 0 Å². The van der Waals surface area contributed by atoms with E-state index in [1.54, 1.807) is 16.9 Å². The number of alkyl halides is 3. The predicted molar refractivity (Wildman–Crippen MR) is 111 cm³/mol. The molecule has 3 aromatic heterocycles. The number of aliphatic carboxylic acids is 1. The van der Waals surface area contributed by atoms with Crippen LogP contribution in [0.25, 0.3) is 11.3 Å². The Hall–Kier alpha value is -3.63. The highest BCUT2D eigenvalue weighted by atomic mass is 19.4. The van der Waals surface area contributed by atoms with Crippen LogP contribution in [0.5, 0.6) is 0 Å². The van der Waals surface area contributed by atoms with Gasteiger partial charge in [-0.3, -0.25) is 9.48 Å². The number of hydrogen-bond acceptors (Lipinski definition) is 6. The molecule has 3 aromatic rings. The van der Waals surface area contributed by atoms with Crippen molar-refractivity contribution in [3.8, 4) is 11.3 Å². The van der Waals surface area contributed by atoms with Crippen molar-refractivity contribution >= 4 is 23.3 Å². The molecular weight excluding hydrogens is 425 g/mol. The molecular formula is C21H21F3N6O2. The summed E-state index contributed by atoms with van der Waals surface area (Å²) in [7, 11) is 0. The molecule has 0 atom stereocenters. The largest absolute Gasteiger partial charge is 0.481 e. The van der Waals surface area contributed by atoms with Gasteiger partial charge in [-0.25, -0.2) is 9.97 Å². The van der Waals surface area contributed by atoms with Crippen molar-refractivity contribution < 1.29 is 23.1 Å². The number of nitrogens with zero attached hydrogens (tertiary/aromatic N) is 4. The SMILES string of the molecule is Nc1cc(Nc2cc(C(F)(F)F)ccn2)nc(-c2cnn(C3CCC(C(=O)O)CC3)c2)c1. The molecule has 0 bridgehead atoms. The minimum Gasteiger partial charge on any atom is -0.481 e. The third-order valence-electron chi connectivity index (χ3n) is 5.51. The van der Waals surface area contributed by atoms with Gasteiger partial charge in [-0.15, -0.1) is 0 Å². The van der Waals surface area contributed by atoms with Crippen LogP contribution in [0.4, 0.5) is 30.5 Å². The molecule has 8 nitrogen and oxygen atoms in total. The Balaban J connectivity index is 1.52. The summed E-state index contributed by atoms with van der Waals surface area (Å²) in [5, 5.41) is 16.3. The molecule has 3 heterocycles. The van der Waals surface area contributed by atoms with Crippen LogP contribution in [0.15, 0.2) is 42.9 Å². The summed E-state index contributed by atoms with van der Waals surface area (Å²) < 4.78 is 40.6. The summed E-state index contributed by atoms with van der Waals surface area (Å²) in [5.74, 6) is -0.824. The summed E-state index contributed by atoms with van der Waals surface area (Å²) in [5.41, 5.74) is 6.73. The van der Waals surface area contributed by atoms with Crippen LogP contribution in [-0.4, -0.2) is 30.8 Å². The van der Waals surface area contributed by atoms with Crippen LogP contribution in [0.3, 0.4) is 0 Å². The average Bonchev–Trinajstić information content (AvgIpc) is 3.23. The first-order valence-corrected chi connectivity index (χ1v) is 10.0.